The minimum atomic E-state index is -0.609. The van der Waals surface area contributed by atoms with Crippen molar-refractivity contribution in [3.63, 3.8) is 0 Å². The highest BCUT2D eigenvalue weighted by atomic mass is 32.1. The summed E-state index contributed by atoms with van der Waals surface area (Å²) in [6, 6.07) is 17.6. The number of aliphatic hydroxyl groups is 1. The van der Waals surface area contributed by atoms with E-state index in [0.717, 1.165) is 22.4 Å². The van der Waals surface area contributed by atoms with Crippen LogP contribution in [-0.2, 0) is 6.54 Å². The molecule has 158 valence electrons. The summed E-state index contributed by atoms with van der Waals surface area (Å²) in [6.07, 6.45) is -0.609. The lowest BCUT2D eigenvalue weighted by Crippen LogP contribution is -2.39. The Labute approximate surface area is 181 Å². The lowest BCUT2D eigenvalue weighted by Gasteiger charge is -2.14. The number of thiophene rings is 1. The smallest absolute Gasteiger partial charge is 0.253 e. The van der Waals surface area contributed by atoms with Crippen molar-refractivity contribution >= 4 is 33.3 Å². The van der Waals surface area contributed by atoms with Crippen molar-refractivity contribution in [1.82, 2.24) is 15.5 Å². The van der Waals surface area contributed by atoms with E-state index in [1.165, 1.54) is 4.70 Å². The van der Waals surface area contributed by atoms with Gasteiger partial charge in [0.15, 0.2) is 5.96 Å². The Balaban J connectivity index is 1.60. The van der Waals surface area contributed by atoms with E-state index in [-0.39, 0.29) is 5.91 Å². The van der Waals surface area contributed by atoms with Crippen LogP contribution in [0, 0.1) is 0 Å². The Kier molecular flexibility index (Phi) is 7.43. The number of hydrogen-bond acceptors (Lipinski definition) is 4. The SMILES string of the molecule is CCNC(=NCc1ccc(C(=O)N(C)C)cc1)NCC(O)c1cc2ccccc2s1. The number of nitrogens with one attached hydrogen (secondary N) is 2. The fraction of sp³-hybridized carbons (Fsp3) is 0.304. The third kappa shape index (κ3) is 5.58. The van der Waals surface area contributed by atoms with Crippen LogP contribution in [0.4, 0.5) is 0 Å². The standard InChI is InChI=1S/C23H28N4O2S/c1-4-24-23(25-14-16-9-11-17(12-10-16)22(29)27(2)3)26-15-19(28)21-13-18-7-5-6-8-20(18)30-21/h5-13,19,28H,4,14-15H2,1-3H3,(H2,24,25,26). The van der Waals surface area contributed by atoms with E-state index in [2.05, 4.69) is 27.8 Å². The predicted octanol–water partition coefficient (Wildman–Crippen LogP) is 3.39. The van der Waals surface area contributed by atoms with Gasteiger partial charge in [-0.1, -0.05) is 30.3 Å². The second-order valence-electron chi connectivity index (χ2n) is 7.17. The molecule has 0 spiro atoms. The first kappa shape index (κ1) is 21.8. The van der Waals surface area contributed by atoms with E-state index in [9.17, 15) is 9.90 Å². The summed E-state index contributed by atoms with van der Waals surface area (Å²) in [5.74, 6) is 0.626. The molecule has 2 aromatic carbocycles. The van der Waals surface area contributed by atoms with Crippen LogP contribution in [0.15, 0.2) is 59.6 Å². The number of rotatable bonds is 7. The van der Waals surface area contributed by atoms with Gasteiger partial charge in [0.1, 0.15) is 6.10 Å². The van der Waals surface area contributed by atoms with E-state index in [4.69, 9.17) is 0 Å². The first-order valence-electron chi connectivity index (χ1n) is 9.97. The van der Waals surface area contributed by atoms with Crippen molar-refractivity contribution in [3.8, 4) is 0 Å². The molecule has 0 fully saturated rings. The highest BCUT2D eigenvalue weighted by molar-refractivity contribution is 7.19. The Morgan fingerprint density at radius 3 is 2.53 bits per heavy atom. The molecular weight excluding hydrogens is 396 g/mol. The third-order valence-corrected chi connectivity index (χ3v) is 5.82. The number of carbonyl (C=O) groups excluding carboxylic acids is 1. The number of hydrogen-bond donors (Lipinski definition) is 3. The molecule has 1 aromatic heterocycles. The number of nitrogens with zero attached hydrogens (tertiary/aromatic N) is 2. The summed E-state index contributed by atoms with van der Waals surface area (Å²) in [6.45, 7) is 3.57. The largest absolute Gasteiger partial charge is 0.386 e. The molecule has 0 aliphatic carbocycles. The molecule has 1 amide bonds. The monoisotopic (exact) mass is 424 g/mol. The van der Waals surface area contributed by atoms with Crippen LogP contribution < -0.4 is 10.6 Å². The number of amides is 1. The van der Waals surface area contributed by atoms with E-state index >= 15 is 0 Å². The van der Waals surface area contributed by atoms with E-state index in [1.54, 1.807) is 30.3 Å². The normalized spacial score (nSPS) is 12.6. The number of guanidine groups is 1. The number of fused-ring (bicyclic) bond motifs is 1. The molecule has 7 heteroatoms. The zero-order valence-corrected chi connectivity index (χ0v) is 18.4. The molecule has 0 saturated heterocycles. The zero-order chi connectivity index (χ0) is 21.5. The molecule has 1 unspecified atom stereocenters. The Morgan fingerprint density at radius 2 is 1.87 bits per heavy atom. The fourth-order valence-electron chi connectivity index (χ4n) is 2.98. The second kappa shape index (κ2) is 10.2. The molecule has 0 bridgehead atoms. The second-order valence-corrected chi connectivity index (χ2v) is 8.29. The number of aliphatic imine (C=N–C) groups is 1. The van der Waals surface area contributed by atoms with E-state index in [0.29, 0.717) is 24.6 Å². The molecular formula is C23H28N4O2S. The maximum atomic E-state index is 12.0. The molecule has 3 rings (SSSR count). The van der Waals surface area contributed by atoms with Crippen molar-refractivity contribution < 1.29 is 9.90 Å². The average molecular weight is 425 g/mol. The lowest BCUT2D eigenvalue weighted by molar-refractivity contribution is 0.0827. The van der Waals surface area contributed by atoms with Crippen LogP contribution in [0.3, 0.4) is 0 Å². The van der Waals surface area contributed by atoms with Gasteiger partial charge in [0.2, 0.25) is 0 Å². The van der Waals surface area contributed by atoms with Crippen LogP contribution in [0.2, 0.25) is 0 Å². The van der Waals surface area contributed by atoms with E-state index < -0.39 is 6.10 Å². The van der Waals surface area contributed by atoms with Gasteiger partial charge in [0.05, 0.1) is 6.54 Å². The molecule has 0 radical (unpaired) electrons. The summed E-state index contributed by atoms with van der Waals surface area (Å²) in [5.41, 5.74) is 1.66. The molecule has 6 nitrogen and oxygen atoms in total. The van der Waals surface area contributed by atoms with Gasteiger partial charge in [-0.3, -0.25) is 4.79 Å². The van der Waals surface area contributed by atoms with Crippen LogP contribution in [-0.4, -0.2) is 49.1 Å². The van der Waals surface area contributed by atoms with Crippen molar-refractivity contribution in [2.75, 3.05) is 27.2 Å². The highest BCUT2D eigenvalue weighted by Gasteiger charge is 2.12. The van der Waals surface area contributed by atoms with Crippen LogP contribution in [0.25, 0.3) is 10.1 Å². The number of aliphatic hydroxyl groups excluding tert-OH is 1. The van der Waals surface area contributed by atoms with Crippen molar-refractivity contribution in [2.45, 2.75) is 19.6 Å². The Bertz CT molecular complexity index is 978. The number of carbonyl (C=O) groups is 1. The third-order valence-electron chi connectivity index (χ3n) is 4.61. The zero-order valence-electron chi connectivity index (χ0n) is 17.6. The molecule has 0 aliphatic heterocycles. The molecule has 0 aliphatic rings. The molecule has 30 heavy (non-hydrogen) atoms. The molecule has 0 saturated carbocycles. The molecule has 3 aromatic rings. The number of benzene rings is 2. The summed E-state index contributed by atoms with van der Waals surface area (Å²) in [7, 11) is 3.48. The lowest BCUT2D eigenvalue weighted by atomic mass is 10.1. The van der Waals surface area contributed by atoms with Gasteiger partial charge < -0.3 is 20.6 Å². The first-order chi connectivity index (χ1) is 14.5. The highest BCUT2D eigenvalue weighted by Crippen LogP contribution is 2.29. The van der Waals surface area contributed by atoms with Crippen molar-refractivity contribution in [1.29, 1.82) is 0 Å². The van der Waals surface area contributed by atoms with Crippen LogP contribution in [0.5, 0.6) is 0 Å². The maximum Gasteiger partial charge on any atom is 0.253 e. The summed E-state index contributed by atoms with van der Waals surface area (Å²) in [5, 5.41) is 18.1. The molecule has 3 N–H and O–H groups in total. The van der Waals surface area contributed by atoms with Crippen LogP contribution in [0.1, 0.15) is 33.8 Å². The minimum absolute atomic E-state index is 0.0183. The van der Waals surface area contributed by atoms with Gasteiger partial charge in [-0.2, -0.15) is 0 Å². The minimum Gasteiger partial charge on any atom is -0.386 e. The fourth-order valence-corrected chi connectivity index (χ4v) is 4.03. The van der Waals surface area contributed by atoms with Gasteiger partial charge in [-0.15, -0.1) is 11.3 Å². The topological polar surface area (TPSA) is 77.0 Å². The summed E-state index contributed by atoms with van der Waals surface area (Å²) < 4.78 is 1.17. The first-order valence-corrected chi connectivity index (χ1v) is 10.8. The predicted molar refractivity (Wildman–Crippen MR) is 124 cm³/mol. The van der Waals surface area contributed by atoms with Crippen molar-refractivity contribution in [2.24, 2.45) is 4.99 Å². The molecule has 1 heterocycles. The van der Waals surface area contributed by atoms with Gasteiger partial charge in [0.25, 0.3) is 5.91 Å². The Hall–Kier alpha value is -2.90. The van der Waals surface area contributed by atoms with Gasteiger partial charge in [-0.25, -0.2) is 4.99 Å². The van der Waals surface area contributed by atoms with Gasteiger partial charge in [0, 0.05) is 42.3 Å². The average Bonchev–Trinajstić information content (AvgIpc) is 3.19. The van der Waals surface area contributed by atoms with E-state index in [1.807, 2.05) is 49.4 Å². The van der Waals surface area contributed by atoms with Crippen molar-refractivity contribution in [3.05, 3.63) is 70.6 Å². The van der Waals surface area contributed by atoms with Crippen LogP contribution >= 0.6 is 11.3 Å². The maximum absolute atomic E-state index is 12.0. The summed E-state index contributed by atoms with van der Waals surface area (Å²) >= 11 is 1.60. The van der Waals surface area contributed by atoms with Gasteiger partial charge in [-0.05, 0) is 42.1 Å². The Morgan fingerprint density at radius 1 is 1.13 bits per heavy atom. The summed E-state index contributed by atoms with van der Waals surface area (Å²) in [4.78, 5) is 19.1. The van der Waals surface area contributed by atoms with Gasteiger partial charge >= 0.3 is 0 Å². The molecule has 1 atom stereocenters. The quantitative estimate of drug-likeness (QED) is 0.401.